The Morgan fingerprint density at radius 3 is 2.37 bits per heavy atom. The van der Waals surface area contributed by atoms with Gasteiger partial charge in [0.1, 0.15) is 0 Å². The van der Waals surface area contributed by atoms with Crippen LogP contribution in [-0.4, -0.2) is 30.8 Å². The number of ether oxygens (including phenoxy) is 1. The summed E-state index contributed by atoms with van der Waals surface area (Å²) in [5.74, 6) is 1.13. The molecule has 19 heavy (non-hydrogen) atoms. The summed E-state index contributed by atoms with van der Waals surface area (Å²) in [6.07, 6.45) is 0. The molecule has 1 aliphatic rings. The molecule has 1 heterocycles. The predicted octanol–water partition coefficient (Wildman–Crippen LogP) is 3.39. The van der Waals surface area contributed by atoms with E-state index in [9.17, 15) is 0 Å². The molecule has 1 aromatic carbocycles. The molecule has 0 aromatic heterocycles. The molecule has 0 saturated carbocycles. The summed E-state index contributed by atoms with van der Waals surface area (Å²) in [4.78, 5) is 0. The third kappa shape index (κ3) is 3.74. The van der Waals surface area contributed by atoms with E-state index in [2.05, 4.69) is 45.1 Å². The van der Waals surface area contributed by atoms with E-state index in [0.29, 0.717) is 11.3 Å². The third-order valence-corrected chi connectivity index (χ3v) is 4.91. The highest BCUT2D eigenvalue weighted by Crippen LogP contribution is 2.29. The fraction of sp³-hybridized carbons (Fsp3) is 0.625. The number of rotatable bonds is 6. The molecule has 0 amide bonds. The van der Waals surface area contributed by atoms with Crippen LogP contribution in [0, 0.1) is 20.8 Å². The predicted molar refractivity (Wildman–Crippen MR) is 84.1 cm³/mol. The van der Waals surface area contributed by atoms with Crippen LogP contribution >= 0.6 is 11.8 Å². The molecule has 1 atom stereocenters. The first-order valence-corrected chi connectivity index (χ1v) is 8.17. The van der Waals surface area contributed by atoms with Crippen LogP contribution in [0.3, 0.4) is 0 Å². The molecule has 2 nitrogen and oxygen atoms in total. The van der Waals surface area contributed by atoms with Gasteiger partial charge in [-0.2, -0.15) is 11.8 Å². The van der Waals surface area contributed by atoms with Crippen molar-refractivity contribution in [1.82, 2.24) is 5.32 Å². The zero-order chi connectivity index (χ0) is 13.8. The lowest BCUT2D eigenvalue weighted by Crippen LogP contribution is -2.33. The van der Waals surface area contributed by atoms with Gasteiger partial charge in [0.2, 0.25) is 0 Å². The first-order chi connectivity index (χ1) is 9.11. The molecule has 1 saturated heterocycles. The van der Waals surface area contributed by atoms with Crippen molar-refractivity contribution >= 4 is 11.8 Å². The molecular formula is C16H25NOS. The largest absolute Gasteiger partial charge is 0.379 e. The lowest BCUT2D eigenvalue weighted by molar-refractivity contribution is 0.0455. The maximum Gasteiger partial charge on any atom is 0.0607 e. The number of nitrogens with one attached hydrogen (secondary N) is 1. The van der Waals surface area contributed by atoms with Crippen LogP contribution < -0.4 is 5.32 Å². The topological polar surface area (TPSA) is 21.3 Å². The molecular weight excluding hydrogens is 254 g/mol. The van der Waals surface area contributed by atoms with Gasteiger partial charge in [-0.15, -0.1) is 0 Å². The molecule has 106 valence electrons. The summed E-state index contributed by atoms with van der Waals surface area (Å²) in [5.41, 5.74) is 5.66. The monoisotopic (exact) mass is 279 g/mol. The summed E-state index contributed by atoms with van der Waals surface area (Å²) in [5, 5.41) is 4.34. The van der Waals surface area contributed by atoms with E-state index in [-0.39, 0.29) is 0 Å². The number of thioether (sulfide) groups is 1. The fourth-order valence-electron chi connectivity index (χ4n) is 2.77. The van der Waals surface area contributed by atoms with E-state index in [1.807, 2.05) is 11.8 Å². The third-order valence-electron chi connectivity index (χ3n) is 3.64. The normalized spacial score (nSPS) is 17.3. The van der Waals surface area contributed by atoms with E-state index in [1.165, 1.54) is 22.3 Å². The zero-order valence-electron chi connectivity index (χ0n) is 12.5. The van der Waals surface area contributed by atoms with E-state index in [1.54, 1.807) is 0 Å². The highest BCUT2D eigenvalue weighted by atomic mass is 32.2. The Balaban J connectivity index is 2.12. The van der Waals surface area contributed by atoms with Gasteiger partial charge in [0.05, 0.1) is 18.5 Å². The minimum atomic E-state index is 0.455. The van der Waals surface area contributed by atoms with Crippen LogP contribution in [0.15, 0.2) is 12.1 Å². The van der Waals surface area contributed by atoms with Crippen LogP contribution in [0.1, 0.15) is 35.2 Å². The van der Waals surface area contributed by atoms with E-state index >= 15 is 0 Å². The molecule has 2 rings (SSSR count). The molecule has 1 unspecified atom stereocenters. The van der Waals surface area contributed by atoms with Crippen molar-refractivity contribution in [3.05, 3.63) is 34.4 Å². The molecule has 1 N–H and O–H groups in total. The smallest absolute Gasteiger partial charge is 0.0607 e. The maximum absolute atomic E-state index is 5.25. The summed E-state index contributed by atoms with van der Waals surface area (Å²) < 4.78 is 5.25. The van der Waals surface area contributed by atoms with Crippen LogP contribution in [-0.2, 0) is 4.74 Å². The van der Waals surface area contributed by atoms with Crippen molar-refractivity contribution in [1.29, 1.82) is 0 Å². The van der Waals surface area contributed by atoms with E-state index < -0.39 is 0 Å². The van der Waals surface area contributed by atoms with E-state index in [4.69, 9.17) is 4.74 Å². The van der Waals surface area contributed by atoms with Gasteiger partial charge < -0.3 is 10.1 Å². The SMILES string of the molecule is CCNC(CSC1COC1)c1c(C)cc(C)cc1C. The van der Waals surface area contributed by atoms with Gasteiger partial charge in [-0.25, -0.2) is 0 Å². The quantitative estimate of drug-likeness (QED) is 0.862. The standard InChI is InChI=1S/C16H25NOS/c1-5-17-15(10-19-14-8-18-9-14)16-12(3)6-11(2)7-13(16)4/h6-7,14-15,17H,5,8-10H2,1-4H3. The molecule has 0 aliphatic carbocycles. The molecule has 1 aliphatic heterocycles. The first-order valence-electron chi connectivity index (χ1n) is 7.12. The molecule has 1 fully saturated rings. The van der Waals surface area contributed by atoms with Gasteiger partial charge in [0.15, 0.2) is 0 Å². The van der Waals surface area contributed by atoms with Crippen molar-refractivity contribution < 1.29 is 4.74 Å². The number of benzene rings is 1. The zero-order valence-corrected chi connectivity index (χ0v) is 13.3. The minimum Gasteiger partial charge on any atom is -0.379 e. The van der Waals surface area contributed by atoms with Crippen molar-refractivity contribution in [2.75, 3.05) is 25.5 Å². The summed E-state index contributed by atoms with van der Waals surface area (Å²) in [7, 11) is 0. The lowest BCUT2D eigenvalue weighted by atomic mass is 9.95. The van der Waals surface area contributed by atoms with E-state index in [0.717, 1.165) is 25.5 Å². The Morgan fingerprint density at radius 1 is 1.26 bits per heavy atom. The first kappa shape index (κ1) is 14.9. The summed E-state index contributed by atoms with van der Waals surface area (Å²) >= 11 is 2.04. The van der Waals surface area contributed by atoms with Crippen molar-refractivity contribution in [2.24, 2.45) is 0 Å². The number of aryl methyl sites for hydroxylation is 3. The highest BCUT2D eigenvalue weighted by Gasteiger charge is 2.22. The fourth-order valence-corrected chi connectivity index (χ4v) is 3.91. The average molecular weight is 279 g/mol. The second kappa shape index (κ2) is 6.78. The van der Waals surface area contributed by atoms with Crippen LogP contribution in [0.5, 0.6) is 0 Å². The van der Waals surface area contributed by atoms with Crippen LogP contribution in [0.2, 0.25) is 0 Å². The molecule has 0 spiro atoms. The summed E-state index contributed by atoms with van der Waals surface area (Å²) in [6, 6.07) is 5.05. The Labute approximate surface area is 121 Å². The maximum atomic E-state index is 5.25. The Kier molecular flexibility index (Phi) is 5.31. The molecule has 1 aromatic rings. The van der Waals surface area contributed by atoms with Gasteiger partial charge in [0, 0.05) is 11.8 Å². The Morgan fingerprint density at radius 2 is 1.89 bits per heavy atom. The average Bonchev–Trinajstić information content (AvgIpc) is 2.25. The van der Waals surface area contributed by atoms with Gasteiger partial charge in [-0.1, -0.05) is 24.6 Å². The van der Waals surface area contributed by atoms with Crippen molar-refractivity contribution in [3.8, 4) is 0 Å². The summed E-state index contributed by atoms with van der Waals surface area (Å²) in [6.45, 7) is 11.7. The van der Waals surface area contributed by atoms with Gasteiger partial charge in [0.25, 0.3) is 0 Å². The Hall–Kier alpha value is -0.510. The van der Waals surface area contributed by atoms with Crippen molar-refractivity contribution in [3.63, 3.8) is 0 Å². The van der Waals surface area contributed by atoms with Crippen molar-refractivity contribution in [2.45, 2.75) is 39.0 Å². The second-order valence-electron chi connectivity index (χ2n) is 5.42. The number of hydrogen-bond donors (Lipinski definition) is 1. The highest BCUT2D eigenvalue weighted by molar-refractivity contribution is 8.00. The molecule has 0 radical (unpaired) electrons. The van der Waals surface area contributed by atoms with Crippen LogP contribution in [0.4, 0.5) is 0 Å². The number of hydrogen-bond acceptors (Lipinski definition) is 3. The van der Waals surface area contributed by atoms with Crippen LogP contribution in [0.25, 0.3) is 0 Å². The molecule has 3 heteroatoms. The second-order valence-corrected chi connectivity index (χ2v) is 6.75. The minimum absolute atomic E-state index is 0.455. The molecule has 0 bridgehead atoms. The lowest BCUT2D eigenvalue weighted by Gasteiger charge is -2.29. The van der Waals surface area contributed by atoms with Gasteiger partial charge >= 0.3 is 0 Å². The van der Waals surface area contributed by atoms with Gasteiger partial charge in [-0.05, 0) is 44.0 Å². The Bertz CT molecular complexity index is 406. The van der Waals surface area contributed by atoms with Gasteiger partial charge in [-0.3, -0.25) is 0 Å².